The molecule has 1 aliphatic rings. The summed E-state index contributed by atoms with van der Waals surface area (Å²) < 4.78 is 5.63. The van der Waals surface area contributed by atoms with Crippen LogP contribution in [-0.2, 0) is 11.3 Å². The minimum atomic E-state index is -0.104. The van der Waals surface area contributed by atoms with Gasteiger partial charge in [0.15, 0.2) is 0 Å². The number of phenols is 2. The van der Waals surface area contributed by atoms with Gasteiger partial charge in [-0.05, 0) is 69.2 Å². The van der Waals surface area contributed by atoms with Crippen LogP contribution in [0.25, 0.3) is 22.4 Å². The van der Waals surface area contributed by atoms with E-state index in [4.69, 9.17) is 4.52 Å². The van der Waals surface area contributed by atoms with E-state index < -0.39 is 0 Å². The molecule has 1 aromatic heterocycles. The molecule has 0 spiro atoms. The molecule has 1 amide bonds. The lowest BCUT2D eigenvalue weighted by atomic mass is 9.94. The number of amides is 1. The van der Waals surface area contributed by atoms with Gasteiger partial charge in [0.25, 0.3) is 0 Å². The molecule has 1 saturated carbocycles. The second-order valence-electron chi connectivity index (χ2n) is 10.6. The maximum Gasteiger partial charge on any atom is 0.239 e. The largest absolute Gasteiger partial charge is 0.508 e. The first kappa shape index (κ1) is 25.8. The zero-order valence-electron chi connectivity index (χ0n) is 22.0. The molecule has 0 aliphatic heterocycles. The van der Waals surface area contributed by atoms with Crippen molar-refractivity contribution >= 4 is 11.8 Å². The topological polar surface area (TPSA) is 98.8 Å². The van der Waals surface area contributed by atoms with E-state index in [-0.39, 0.29) is 35.1 Å². The monoisotopic (exact) mass is 491 g/mol. The number of carbonyl (C=O) groups is 1. The lowest BCUT2D eigenvalue weighted by Crippen LogP contribution is -2.36. The van der Waals surface area contributed by atoms with Crippen LogP contribution >= 0.6 is 0 Å². The molecule has 4 rings (SSSR count). The zero-order valence-corrected chi connectivity index (χ0v) is 22.0. The fraction of sp³-hybridized carbons (Fsp3) is 0.448. The Morgan fingerprint density at radius 1 is 1.03 bits per heavy atom. The molecule has 7 heteroatoms. The van der Waals surface area contributed by atoms with Crippen molar-refractivity contribution in [1.29, 1.82) is 0 Å². The first-order chi connectivity index (χ1) is 17.1. The zero-order chi connectivity index (χ0) is 26.1. The summed E-state index contributed by atoms with van der Waals surface area (Å²) in [5.41, 5.74) is 4.16. The summed E-state index contributed by atoms with van der Waals surface area (Å²) in [7, 11) is 0. The standard InChI is InChI=1S/C29H37N3O4/c1-16(2)22-13-23(25(34)14-24(22)33)27-26(29(36-31-27)30-28(35)21-11-12-21)20-9-7-19(8-10-20)15-32(17(3)4)18(5)6/h7-10,13-14,16-18,21,33-34H,11-12,15H2,1-6H3,(H,30,35). The van der Waals surface area contributed by atoms with Gasteiger partial charge in [-0.1, -0.05) is 43.3 Å². The van der Waals surface area contributed by atoms with Gasteiger partial charge in [0.1, 0.15) is 17.2 Å². The Morgan fingerprint density at radius 2 is 1.67 bits per heavy atom. The van der Waals surface area contributed by atoms with Crippen LogP contribution in [0.5, 0.6) is 11.5 Å². The van der Waals surface area contributed by atoms with E-state index in [1.807, 2.05) is 26.0 Å². The maximum atomic E-state index is 12.6. The van der Waals surface area contributed by atoms with Crippen molar-refractivity contribution in [3.63, 3.8) is 0 Å². The molecule has 7 nitrogen and oxygen atoms in total. The highest BCUT2D eigenvalue weighted by Gasteiger charge is 2.32. The van der Waals surface area contributed by atoms with Crippen LogP contribution < -0.4 is 5.32 Å². The first-order valence-corrected chi connectivity index (χ1v) is 12.8. The number of hydrogen-bond donors (Lipinski definition) is 3. The van der Waals surface area contributed by atoms with Crippen molar-refractivity contribution in [2.24, 2.45) is 5.92 Å². The molecule has 1 heterocycles. The van der Waals surface area contributed by atoms with Crippen LogP contribution in [-0.4, -0.2) is 38.3 Å². The van der Waals surface area contributed by atoms with E-state index in [1.54, 1.807) is 6.07 Å². The Labute approximate surface area is 213 Å². The number of anilines is 1. The summed E-state index contributed by atoms with van der Waals surface area (Å²) in [5.74, 6) is 0.145. The first-order valence-electron chi connectivity index (χ1n) is 12.8. The quantitative estimate of drug-likeness (QED) is 0.316. The van der Waals surface area contributed by atoms with Gasteiger partial charge in [-0.15, -0.1) is 0 Å². The predicted molar refractivity (Wildman–Crippen MR) is 142 cm³/mol. The number of nitrogens with one attached hydrogen (secondary N) is 1. The number of benzene rings is 2. The number of aromatic nitrogens is 1. The highest BCUT2D eigenvalue weighted by molar-refractivity contribution is 5.99. The van der Waals surface area contributed by atoms with Gasteiger partial charge in [-0.3, -0.25) is 15.0 Å². The lowest BCUT2D eigenvalue weighted by molar-refractivity contribution is -0.117. The van der Waals surface area contributed by atoms with E-state index in [2.05, 4.69) is 55.2 Å². The third-order valence-electron chi connectivity index (χ3n) is 6.83. The molecule has 3 N–H and O–H groups in total. The van der Waals surface area contributed by atoms with Crippen LogP contribution in [0.2, 0.25) is 0 Å². The van der Waals surface area contributed by atoms with Gasteiger partial charge in [0, 0.05) is 36.2 Å². The van der Waals surface area contributed by atoms with Gasteiger partial charge >= 0.3 is 0 Å². The number of aromatic hydroxyl groups is 2. The molecule has 0 radical (unpaired) electrons. The molecule has 1 fully saturated rings. The van der Waals surface area contributed by atoms with Crippen molar-refractivity contribution in [3.8, 4) is 33.9 Å². The molecule has 3 aromatic rings. The fourth-order valence-corrected chi connectivity index (χ4v) is 4.58. The smallest absolute Gasteiger partial charge is 0.239 e. The van der Waals surface area contributed by atoms with Crippen LogP contribution in [0.1, 0.15) is 71.4 Å². The van der Waals surface area contributed by atoms with Gasteiger partial charge in [-0.2, -0.15) is 0 Å². The molecular formula is C29H37N3O4. The Kier molecular flexibility index (Phi) is 7.41. The van der Waals surface area contributed by atoms with Crippen molar-refractivity contribution in [2.75, 3.05) is 5.32 Å². The van der Waals surface area contributed by atoms with Crippen LogP contribution in [0.3, 0.4) is 0 Å². The summed E-state index contributed by atoms with van der Waals surface area (Å²) in [6, 6.07) is 12.1. The molecule has 0 unspecified atom stereocenters. The minimum Gasteiger partial charge on any atom is -0.508 e. The van der Waals surface area contributed by atoms with E-state index in [1.165, 1.54) is 11.6 Å². The average Bonchev–Trinajstić information content (AvgIpc) is 3.59. The third-order valence-corrected chi connectivity index (χ3v) is 6.83. The number of hydrogen-bond acceptors (Lipinski definition) is 6. The summed E-state index contributed by atoms with van der Waals surface area (Å²) in [4.78, 5) is 15.0. The van der Waals surface area contributed by atoms with E-state index in [0.717, 1.165) is 24.9 Å². The van der Waals surface area contributed by atoms with Crippen LogP contribution in [0, 0.1) is 5.92 Å². The van der Waals surface area contributed by atoms with Crippen molar-refractivity contribution < 1.29 is 19.5 Å². The Balaban J connectivity index is 1.76. The SMILES string of the molecule is CC(C)c1cc(-c2noc(NC(=O)C3CC3)c2-c2ccc(CN(C(C)C)C(C)C)cc2)c(O)cc1O. The van der Waals surface area contributed by atoms with Crippen molar-refractivity contribution in [2.45, 2.75) is 78.9 Å². The van der Waals surface area contributed by atoms with E-state index in [0.29, 0.717) is 34.5 Å². The Hall–Kier alpha value is -3.32. The second kappa shape index (κ2) is 10.3. The number of rotatable bonds is 9. The highest BCUT2D eigenvalue weighted by Crippen LogP contribution is 2.44. The normalized spacial score (nSPS) is 13.8. The minimum absolute atomic E-state index is 0.00134. The highest BCUT2D eigenvalue weighted by atomic mass is 16.5. The summed E-state index contributed by atoms with van der Waals surface area (Å²) in [6.45, 7) is 13.6. The van der Waals surface area contributed by atoms with Gasteiger partial charge in [-0.25, -0.2) is 0 Å². The maximum absolute atomic E-state index is 12.6. The lowest BCUT2D eigenvalue weighted by Gasteiger charge is -2.30. The molecule has 36 heavy (non-hydrogen) atoms. The fourth-order valence-electron chi connectivity index (χ4n) is 4.58. The molecule has 0 atom stereocenters. The second-order valence-corrected chi connectivity index (χ2v) is 10.6. The average molecular weight is 492 g/mol. The van der Waals surface area contributed by atoms with E-state index >= 15 is 0 Å². The van der Waals surface area contributed by atoms with E-state index in [9.17, 15) is 15.0 Å². The molecule has 0 bridgehead atoms. The van der Waals surface area contributed by atoms with Crippen molar-refractivity contribution in [3.05, 3.63) is 47.5 Å². The van der Waals surface area contributed by atoms with Crippen LogP contribution in [0.15, 0.2) is 40.9 Å². The number of phenolic OH excluding ortho intramolecular Hbond substituents is 2. The summed E-state index contributed by atoms with van der Waals surface area (Å²) >= 11 is 0. The number of carbonyl (C=O) groups excluding carboxylic acids is 1. The van der Waals surface area contributed by atoms with Gasteiger partial charge in [0.2, 0.25) is 11.8 Å². The number of nitrogens with zero attached hydrogens (tertiary/aromatic N) is 2. The van der Waals surface area contributed by atoms with Crippen LogP contribution in [0.4, 0.5) is 5.88 Å². The van der Waals surface area contributed by atoms with Gasteiger partial charge in [0.05, 0.1) is 5.56 Å². The van der Waals surface area contributed by atoms with Gasteiger partial charge < -0.3 is 14.7 Å². The third kappa shape index (κ3) is 5.41. The molecule has 192 valence electrons. The summed E-state index contributed by atoms with van der Waals surface area (Å²) in [6.07, 6.45) is 1.74. The van der Waals surface area contributed by atoms with Crippen molar-refractivity contribution in [1.82, 2.24) is 10.1 Å². The Morgan fingerprint density at radius 3 is 2.22 bits per heavy atom. The Bertz CT molecular complexity index is 1220. The molecule has 0 saturated heterocycles. The molecular weight excluding hydrogens is 454 g/mol. The molecule has 2 aromatic carbocycles. The molecule has 1 aliphatic carbocycles. The predicted octanol–water partition coefficient (Wildman–Crippen LogP) is 6.51. The summed E-state index contributed by atoms with van der Waals surface area (Å²) in [5, 5.41) is 28.2.